The van der Waals surface area contributed by atoms with Gasteiger partial charge in [-0.05, 0) is 79.0 Å². The molecule has 5 aromatic rings. The Bertz CT molecular complexity index is 1850. The Balaban J connectivity index is 0.000000259. The van der Waals surface area contributed by atoms with Crippen molar-refractivity contribution in [1.82, 2.24) is 19.6 Å². The number of hydrogen-bond acceptors (Lipinski definition) is 8. The SMILES string of the molecule is CC(=O)N1CCN(C)CC1.CN1CCN(C)CC1.COC.Cc1ccc(C(O)C2COC(C)(C)O2)cc1.Cc1ccc2ccccc2c1.Cc1ccccc1.Cc1ccccc1. The zero-order valence-electron chi connectivity index (χ0n) is 40.0. The van der Waals surface area contributed by atoms with Crippen LogP contribution in [0.15, 0.2) is 127 Å². The van der Waals surface area contributed by atoms with Gasteiger partial charge in [-0.1, -0.05) is 150 Å². The molecule has 3 saturated heterocycles. The minimum atomic E-state index is -0.623. The van der Waals surface area contributed by atoms with E-state index in [1.54, 1.807) is 21.1 Å². The maximum atomic E-state index is 10.8. The van der Waals surface area contributed by atoms with E-state index in [0.29, 0.717) is 6.61 Å². The molecule has 0 spiro atoms. The minimum Gasteiger partial charge on any atom is -0.388 e. The van der Waals surface area contributed by atoms with Crippen molar-refractivity contribution in [2.75, 3.05) is 94.3 Å². The summed E-state index contributed by atoms with van der Waals surface area (Å²) in [5.74, 6) is -0.385. The van der Waals surface area contributed by atoms with Crippen molar-refractivity contribution in [3.8, 4) is 0 Å². The quantitative estimate of drug-likeness (QED) is 0.189. The van der Waals surface area contributed by atoms with Crippen molar-refractivity contribution < 1.29 is 24.1 Å². The van der Waals surface area contributed by atoms with Crippen LogP contribution in [0.4, 0.5) is 0 Å². The molecule has 3 aliphatic heterocycles. The highest BCUT2D eigenvalue weighted by molar-refractivity contribution is 5.82. The molecule has 1 N–H and O–H groups in total. The predicted octanol–water partition coefficient (Wildman–Crippen LogP) is 9.22. The number of piperazine rings is 2. The Morgan fingerprint density at radius 1 is 0.597 bits per heavy atom. The average Bonchev–Trinajstić information content (AvgIpc) is 3.63. The fraction of sp³-hybridized carbons (Fsp3) is 0.453. The van der Waals surface area contributed by atoms with E-state index in [1.165, 1.54) is 59.2 Å². The lowest BCUT2D eigenvalue weighted by molar-refractivity contribution is -0.151. The summed E-state index contributed by atoms with van der Waals surface area (Å²) in [5, 5.41) is 12.8. The number of ether oxygens (including phenoxy) is 3. The van der Waals surface area contributed by atoms with Gasteiger partial charge in [-0.3, -0.25) is 4.79 Å². The molecule has 0 aliphatic carbocycles. The van der Waals surface area contributed by atoms with E-state index in [4.69, 9.17) is 9.47 Å². The number of fused-ring (bicyclic) bond motifs is 1. The van der Waals surface area contributed by atoms with E-state index in [2.05, 4.69) is 128 Å². The first-order valence-corrected chi connectivity index (χ1v) is 21.8. The van der Waals surface area contributed by atoms with E-state index in [-0.39, 0.29) is 12.0 Å². The van der Waals surface area contributed by atoms with Crippen molar-refractivity contribution >= 4 is 16.7 Å². The van der Waals surface area contributed by atoms with Gasteiger partial charge in [0.1, 0.15) is 12.2 Å². The van der Waals surface area contributed by atoms with Gasteiger partial charge in [0, 0.05) is 73.5 Å². The van der Waals surface area contributed by atoms with Crippen LogP contribution in [0.2, 0.25) is 0 Å². The van der Waals surface area contributed by atoms with Gasteiger partial charge in [0.25, 0.3) is 0 Å². The van der Waals surface area contributed by atoms with E-state index < -0.39 is 11.9 Å². The number of likely N-dealkylation sites (N-methyl/N-ethyl adjacent to an activating group) is 3. The first-order chi connectivity index (χ1) is 29.5. The van der Waals surface area contributed by atoms with Gasteiger partial charge in [0.05, 0.1) is 6.61 Å². The summed E-state index contributed by atoms with van der Waals surface area (Å²) in [6.45, 7) is 22.8. The number of carbonyl (C=O) groups excluding carboxylic acids is 1. The molecule has 0 saturated carbocycles. The van der Waals surface area contributed by atoms with Crippen LogP contribution in [0.5, 0.6) is 0 Å². The third-order valence-corrected chi connectivity index (χ3v) is 10.3. The highest BCUT2D eigenvalue weighted by atomic mass is 16.7. The van der Waals surface area contributed by atoms with Crippen LogP contribution in [-0.4, -0.2) is 137 Å². The first-order valence-electron chi connectivity index (χ1n) is 21.8. The Morgan fingerprint density at radius 3 is 1.37 bits per heavy atom. The Labute approximate surface area is 375 Å². The number of methoxy groups -OCH3 is 1. The van der Waals surface area contributed by atoms with E-state index in [9.17, 15) is 9.90 Å². The molecule has 0 bridgehead atoms. The highest BCUT2D eigenvalue weighted by Gasteiger charge is 2.37. The van der Waals surface area contributed by atoms with Crippen LogP contribution >= 0.6 is 0 Å². The summed E-state index contributed by atoms with van der Waals surface area (Å²) < 4.78 is 15.3. The molecule has 9 heteroatoms. The number of aryl methyl sites for hydroxylation is 4. The predicted molar refractivity (Wildman–Crippen MR) is 260 cm³/mol. The number of carbonyl (C=O) groups is 1. The smallest absolute Gasteiger partial charge is 0.219 e. The summed E-state index contributed by atoms with van der Waals surface area (Å²) in [4.78, 5) is 19.7. The third kappa shape index (κ3) is 23.1. The number of aliphatic hydroxyl groups excluding tert-OH is 1. The Hall–Kier alpha value is -4.45. The number of amides is 1. The molecule has 0 aromatic heterocycles. The van der Waals surface area contributed by atoms with Crippen molar-refractivity contribution in [2.24, 2.45) is 0 Å². The number of benzene rings is 5. The van der Waals surface area contributed by atoms with Gasteiger partial charge in [-0.2, -0.15) is 0 Å². The second-order valence-electron chi connectivity index (χ2n) is 16.7. The lowest BCUT2D eigenvalue weighted by Crippen LogP contribution is -2.46. The molecule has 340 valence electrons. The standard InChI is InChI=1S/C13H18O3.C11H10.C7H14N2O.2C7H8.C6H14N2.C2H6O/c1-9-4-6-10(7-5-9)12(14)11-8-15-13(2,3)16-11;1-9-6-7-10-4-2-3-5-11(10)8-9;1-7(10)9-5-3-8(2)4-6-9;2*1-7-5-3-2-4-6-7;1-7-3-5-8(2)6-4-7;1-3-2/h4-7,11-12,14H,8H2,1-3H3;2-8H,1H3;3-6H2,1-2H3;2*2-6H,1H3;3-6H2,1-2H3;1-2H3. The summed E-state index contributed by atoms with van der Waals surface area (Å²) in [5.41, 5.74) is 6.02. The fourth-order valence-corrected chi connectivity index (χ4v) is 6.25. The molecule has 1 amide bonds. The molecule has 5 aromatic carbocycles. The summed E-state index contributed by atoms with van der Waals surface area (Å²) in [6, 6.07) is 43.3. The zero-order valence-corrected chi connectivity index (χ0v) is 40.0. The molecule has 3 fully saturated rings. The molecule has 3 heterocycles. The largest absolute Gasteiger partial charge is 0.388 e. The second-order valence-corrected chi connectivity index (χ2v) is 16.7. The molecule has 0 radical (unpaired) electrons. The molecule has 8 rings (SSSR count). The molecule has 2 unspecified atom stereocenters. The van der Waals surface area contributed by atoms with Gasteiger partial charge in [-0.25, -0.2) is 0 Å². The van der Waals surface area contributed by atoms with Crippen LogP contribution in [0.1, 0.15) is 54.7 Å². The van der Waals surface area contributed by atoms with Gasteiger partial charge < -0.3 is 38.9 Å². The minimum absolute atomic E-state index is 0.202. The van der Waals surface area contributed by atoms with Gasteiger partial charge in [0.15, 0.2) is 5.79 Å². The van der Waals surface area contributed by atoms with Crippen LogP contribution in [-0.2, 0) is 19.0 Å². The maximum absolute atomic E-state index is 10.8. The molecule has 2 atom stereocenters. The van der Waals surface area contributed by atoms with Crippen molar-refractivity contribution in [3.63, 3.8) is 0 Å². The van der Waals surface area contributed by atoms with E-state index in [1.807, 2.05) is 86.3 Å². The number of hydrogen-bond donors (Lipinski definition) is 1. The highest BCUT2D eigenvalue weighted by Crippen LogP contribution is 2.30. The maximum Gasteiger partial charge on any atom is 0.219 e. The zero-order chi connectivity index (χ0) is 45.9. The number of aliphatic hydroxyl groups is 1. The van der Waals surface area contributed by atoms with Gasteiger partial charge >= 0.3 is 0 Å². The molecular formula is C53H78N4O5. The Morgan fingerprint density at radius 2 is 0.984 bits per heavy atom. The third-order valence-electron chi connectivity index (χ3n) is 10.3. The van der Waals surface area contributed by atoms with Gasteiger partial charge in [-0.15, -0.1) is 0 Å². The lowest BCUT2D eigenvalue weighted by Gasteiger charge is -2.31. The number of rotatable bonds is 2. The molecule has 62 heavy (non-hydrogen) atoms. The first kappa shape index (κ1) is 53.7. The van der Waals surface area contributed by atoms with E-state index in [0.717, 1.165) is 31.7 Å². The van der Waals surface area contributed by atoms with Gasteiger partial charge in [0.2, 0.25) is 5.91 Å². The van der Waals surface area contributed by atoms with Crippen LogP contribution in [0.25, 0.3) is 10.8 Å². The topological polar surface area (TPSA) is 78.0 Å². The molecule has 3 aliphatic rings. The Kier molecular flexibility index (Phi) is 25.8. The average molecular weight is 851 g/mol. The van der Waals surface area contributed by atoms with Crippen molar-refractivity contribution in [1.29, 1.82) is 0 Å². The second kappa shape index (κ2) is 29.8. The normalized spacial score (nSPS) is 17.5. The monoisotopic (exact) mass is 851 g/mol. The number of nitrogens with zero attached hydrogens (tertiary/aromatic N) is 4. The lowest BCUT2D eigenvalue weighted by atomic mass is 10.0. The van der Waals surface area contributed by atoms with Crippen molar-refractivity contribution in [2.45, 2.75) is 66.5 Å². The van der Waals surface area contributed by atoms with Crippen LogP contribution in [0, 0.1) is 27.7 Å². The van der Waals surface area contributed by atoms with E-state index >= 15 is 0 Å². The molecule has 9 nitrogen and oxygen atoms in total. The van der Waals surface area contributed by atoms with Crippen molar-refractivity contribution in [3.05, 3.63) is 155 Å². The fourth-order valence-electron chi connectivity index (χ4n) is 6.25. The summed E-state index contributed by atoms with van der Waals surface area (Å²) >= 11 is 0. The summed E-state index contributed by atoms with van der Waals surface area (Å²) in [6.07, 6.45) is -0.903. The van der Waals surface area contributed by atoms with Crippen LogP contribution < -0.4 is 0 Å². The van der Waals surface area contributed by atoms with Crippen LogP contribution in [0.3, 0.4) is 0 Å². The summed E-state index contributed by atoms with van der Waals surface area (Å²) in [7, 11) is 9.68. The molecular weight excluding hydrogens is 773 g/mol.